The second-order valence-corrected chi connectivity index (χ2v) is 5.05. The Labute approximate surface area is 118 Å². The number of hydrogen-bond donors (Lipinski definition) is 1. The van der Waals surface area contributed by atoms with Gasteiger partial charge < -0.3 is 10.3 Å². The van der Waals surface area contributed by atoms with Crippen LogP contribution in [0.4, 0.5) is 0 Å². The minimum atomic E-state index is -0.512. The minimum Gasteiger partial charge on any atom is -0.339 e. The molecule has 0 spiro atoms. The Hall–Kier alpha value is -1.39. The summed E-state index contributed by atoms with van der Waals surface area (Å²) >= 11 is 6.11. The van der Waals surface area contributed by atoms with Crippen molar-refractivity contribution in [3.8, 4) is 0 Å². The van der Waals surface area contributed by atoms with E-state index in [1.54, 1.807) is 0 Å². The summed E-state index contributed by atoms with van der Waals surface area (Å²) in [6.07, 6.45) is 2.07. The van der Waals surface area contributed by atoms with E-state index < -0.39 is 5.54 Å². The average molecular weight is 280 g/mol. The molecule has 102 valence electrons. The number of aromatic nitrogens is 2. The van der Waals surface area contributed by atoms with Crippen molar-refractivity contribution >= 4 is 11.6 Å². The molecule has 1 aromatic heterocycles. The topological polar surface area (TPSA) is 64.9 Å². The van der Waals surface area contributed by atoms with E-state index in [1.807, 2.05) is 38.1 Å². The van der Waals surface area contributed by atoms with E-state index in [1.165, 1.54) is 0 Å². The molecule has 0 atom stereocenters. The van der Waals surface area contributed by atoms with Gasteiger partial charge in [0.15, 0.2) is 5.82 Å². The monoisotopic (exact) mass is 279 g/mol. The van der Waals surface area contributed by atoms with Gasteiger partial charge in [-0.15, -0.1) is 0 Å². The van der Waals surface area contributed by atoms with Crippen LogP contribution < -0.4 is 5.73 Å². The third-order valence-corrected chi connectivity index (χ3v) is 3.84. The van der Waals surface area contributed by atoms with E-state index >= 15 is 0 Å². The van der Waals surface area contributed by atoms with Crippen LogP contribution in [0.3, 0.4) is 0 Å². The maximum absolute atomic E-state index is 6.24. The van der Waals surface area contributed by atoms with Crippen LogP contribution >= 0.6 is 11.6 Å². The first kappa shape index (κ1) is 14.0. The number of hydrogen-bond acceptors (Lipinski definition) is 4. The Morgan fingerprint density at radius 2 is 1.95 bits per heavy atom. The van der Waals surface area contributed by atoms with E-state index in [-0.39, 0.29) is 0 Å². The van der Waals surface area contributed by atoms with Crippen LogP contribution in [0.2, 0.25) is 5.02 Å². The Balaban J connectivity index is 2.21. The van der Waals surface area contributed by atoms with E-state index in [0.29, 0.717) is 23.2 Å². The quantitative estimate of drug-likeness (QED) is 0.912. The zero-order valence-electron chi connectivity index (χ0n) is 11.2. The lowest BCUT2D eigenvalue weighted by atomic mass is 9.93. The van der Waals surface area contributed by atoms with Crippen LogP contribution in [0.1, 0.15) is 44.0 Å². The smallest absolute Gasteiger partial charge is 0.231 e. The molecule has 0 aliphatic heterocycles. The second kappa shape index (κ2) is 5.72. The standard InChI is InChI=1S/C14H18ClN3O/c1-3-14(16,4-2)13-17-12(19-18-13)9-10-7-5-6-8-11(10)15/h5-8H,3-4,9,16H2,1-2H3. The Morgan fingerprint density at radius 3 is 2.58 bits per heavy atom. The molecule has 0 radical (unpaired) electrons. The fraction of sp³-hybridized carbons (Fsp3) is 0.429. The van der Waals surface area contributed by atoms with Gasteiger partial charge in [0.25, 0.3) is 0 Å². The second-order valence-electron chi connectivity index (χ2n) is 4.64. The van der Waals surface area contributed by atoms with Crippen LogP contribution in [-0.4, -0.2) is 10.1 Å². The highest BCUT2D eigenvalue weighted by atomic mass is 35.5. The van der Waals surface area contributed by atoms with Crippen molar-refractivity contribution < 1.29 is 4.52 Å². The van der Waals surface area contributed by atoms with Crippen molar-refractivity contribution in [1.29, 1.82) is 0 Å². The van der Waals surface area contributed by atoms with E-state index in [4.69, 9.17) is 21.9 Å². The van der Waals surface area contributed by atoms with Gasteiger partial charge in [-0.2, -0.15) is 4.98 Å². The summed E-state index contributed by atoms with van der Waals surface area (Å²) in [6.45, 7) is 4.04. The lowest BCUT2D eigenvalue weighted by molar-refractivity contribution is 0.337. The first-order valence-corrected chi connectivity index (χ1v) is 6.82. The van der Waals surface area contributed by atoms with Crippen molar-refractivity contribution in [3.05, 3.63) is 46.6 Å². The molecule has 0 saturated carbocycles. The molecule has 1 heterocycles. The molecule has 5 heteroatoms. The molecule has 2 rings (SSSR count). The molecule has 1 aromatic carbocycles. The molecule has 2 N–H and O–H groups in total. The Kier molecular flexibility index (Phi) is 4.22. The summed E-state index contributed by atoms with van der Waals surface area (Å²) in [5.41, 5.74) is 6.70. The molecule has 2 aromatic rings. The lowest BCUT2D eigenvalue weighted by Crippen LogP contribution is -2.36. The highest BCUT2D eigenvalue weighted by Gasteiger charge is 2.28. The zero-order valence-corrected chi connectivity index (χ0v) is 11.9. The fourth-order valence-corrected chi connectivity index (χ4v) is 2.10. The molecule has 4 nitrogen and oxygen atoms in total. The summed E-state index contributed by atoms with van der Waals surface area (Å²) in [5.74, 6) is 1.11. The summed E-state index contributed by atoms with van der Waals surface area (Å²) in [5, 5.41) is 4.70. The maximum Gasteiger partial charge on any atom is 0.231 e. The lowest BCUT2D eigenvalue weighted by Gasteiger charge is -2.21. The van der Waals surface area contributed by atoms with Gasteiger partial charge in [0.1, 0.15) is 0 Å². The molecular weight excluding hydrogens is 262 g/mol. The van der Waals surface area contributed by atoms with Gasteiger partial charge in [-0.05, 0) is 24.5 Å². The third kappa shape index (κ3) is 2.96. The molecule has 0 aliphatic carbocycles. The minimum absolute atomic E-state index is 0.512. The van der Waals surface area contributed by atoms with E-state index in [9.17, 15) is 0 Å². The SMILES string of the molecule is CCC(N)(CC)c1noc(Cc2ccccc2Cl)n1. The van der Waals surface area contributed by atoms with Crippen molar-refractivity contribution in [1.82, 2.24) is 10.1 Å². The van der Waals surface area contributed by atoms with Gasteiger partial charge >= 0.3 is 0 Å². The summed E-state index contributed by atoms with van der Waals surface area (Å²) in [4.78, 5) is 4.40. The maximum atomic E-state index is 6.24. The summed E-state index contributed by atoms with van der Waals surface area (Å²) < 4.78 is 5.27. The first-order valence-electron chi connectivity index (χ1n) is 6.44. The largest absolute Gasteiger partial charge is 0.339 e. The number of nitrogens with zero attached hydrogens (tertiary/aromatic N) is 2. The predicted octanol–water partition coefficient (Wildman–Crippen LogP) is 3.29. The van der Waals surface area contributed by atoms with Crippen molar-refractivity contribution in [2.45, 2.75) is 38.6 Å². The van der Waals surface area contributed by atoms with Crippen molar-refractivity contribution in [2.24, 2.45) is 5.73 Å². The van der Waals surface area contributed by atoms with Crippen molar-refractivity contribution in [3.63, 3.8) is 0 Å². The van der Waals surface area contributed by atoms with Gasteiger partial charge in [-0.25, -0.2) is 0 Å². The summed E-state index contributed by atoms with van der Waals surface area (Å²) in [7, 11) is 0. The van der Waals surface area contributed by atoms with Gasteiger partial charge in [-0.1, -0.05) is 48.8 Å². The van der Waals surface area contributed by atoms with E-state index in [2.05, 4.69) is 10.1 Å². The Bertz CT molecular complexity index is 549. The highest BCUT2D eigenvalue weighted by molar-refractivity contribution is 6.31. The number of nitrogens with two attached hydrogens (primary N) is 1. The number of halogens is 1. The third-order valence-electron chi connectivity index (χ3n) is 3.47. The van der Waals surface area contributed by atoms with Crippen LogP contribution in [0.5, 0.6) is 0 Å². The van der Waals surface area contributed by atoms with Crippen molar-refractivity contribution in [2.75, 3.05) is 0 Å². The van der Waals surface area contributed by atoms with Crippen LogP contribution in [0.25, 0.3) is 0 Å². The molecule has 0 unspecified atom stereocenters. The predicted molar refractivity (Wildman–Crippen MR) is 75.0 cm³/mol. The van der Waals surface area contributed by atoms with Gasteiger partial charge in [0.05, 0.1) is 12.0 Å². The zero-order chi connectivity index (χ0) is 13.9. The molecule has 0 amide bonds. The molecular formula is C14H18ClN3O. The first-order chi connectivity index (χ1) is 9.09. The van der Waals surface area contributed by atoms with Crippen LogP contribution in [-0.2, 0) is 12.0 Å². The summed E-state index contributed by atoms with van der Waals surface area (Å²) in [6, 6.07) is 7.62. The molecule has 19 heavy (non-hydrogen) atoms. The normalized spacial score (nSPS) is 11.8. The molecule has 0 fully saturated rings. The molecule has 0 bridgehead atoms. The van der Waals surface area contributed by atoms with Gasteiger partial charge in [-0.3, -0.25) is 0 Å². The highest BCUT2D eigenvalue weighted by Crippen LogP contribution is 2.24. The molecule has 0 aliphatic rings. The van der Waals surface area contributed by atoms with E-state index in [0.717, 1.165) is 18.4 Å². The average Bonchev–Trinajstić information content (AvgIpc) is 2.90. The van der Waals surface area contributed by atoms with Gasteiger partial charge in [0.2, 0.25) is 5.89 Å². The molecule has 0 saturated heterocycles. The van der Waals surface area contributed by atoms with Crippen LogP contribution in [0, 0.1) is 0 Å². The Morgan fingerprint density at radius 1 is 1.26 bits per heavy atom. The van der Waals surface area contributed by atoms with Crippen LogP contribution in [0.15, 0.2) is 28.8 Å². The number of benzene rings is 1. The number of rotatable bonds is 5. The fourth-order valence-electron chi connectivity index (χ4n) is 1.90. The van der Waals surface area contributed by atoms with Gasteiger partial charge in [0, 0.05) is 5.02 Å².